The van der Waals surface area contributed by atoms with Crippen LogP contribution in [0, 0.1) is 5.92 Å². The molecule has 1 aromatic rings. The van der Waals surface area contributed by atoms with Crippen LogP contribution in [-0.4, -0.2) is 41.8 Å². The molecule has 0 fully saturated rings. The Labute approximate surface area is 127 Å². The summed E-state index contributed by atoms with van der Waals surface area (Å²) >= 11 is 3.27. The molecule has 1 unspecified atom stereocenters. The van der Waals surface area contributed by atoms with Crippen molar-refractivity contribution in [2.45, 2.75) is 26.3 Å². The highest BCUT2D eigenvalue weighted by atomic mass is 79.9. The summed E-state index contributed by atoms with van der Waals surface area (Å²) < 4.78 is 0.803. The molecule has 0 spiro atoms. The van der Waals surface area contributed by atoms with Crippen LogP contribution in [0.3, 0.4) is 0 Å². The van der Waals surface area contributed by atoms with Gasteiger partial charge in [0.2, 0.25) is 5.91 Å². The zero-order valence-electron chi connectivity index (χ0n) is 12.2. The summed E-state index contributed by atoms with van der Waals surface area (Å²) in [5, 5.41) is 2.76. The van der Waals surface area contributed by atoms with Crippen molar-refractivity contribution in [2.75, 3.05) is 14.1 Å². The minimum atomic E-state index is -0.525. The van der Waals surface area contributed by atoms with Crippen molar-refractivity contribution in [3.8, 4) is 0 Å². The van der Waals surface area contributed by atoms with Crippen LogP contribution in [0.25, 0.3) is 0 Å². The van der Waals surface area contributed by atoms with E-state index in [9.17, 15) is 9.59 Å². The number of likely N-dealkylation sites (N-methyl/N-ethyl adjacent to an activating group) is 1. The smallest absolute Gasteiger partial charge is 0.270 e. The predicted molar refractivity (Wildman–Crippen MR) is 81.3 cm³/mol. The molecule has 20 heavy (non-hydrogen) atoms. The van der Waals surface area contributed by atoms with Crippen molar-refractivity contribution in [1.82, 2.24) is 15.2 Å². The van der Waals surface area contributed by atoms with Gasteiger partial charge in [-0.25, -0.2) is 4.98 Å². The number of carbonyl (C=O) groups is 2. The summed E-state index contributed by atoms with van der Waals surface area (Å²) in [5.74, 6) is -0.135. The number of carbonyl (C=O) groups excluding carboxylic acids is 2. The third kappa shape index (κ3) is 4.92. The fourth-order valence-electron chi connectivity index (χ4n) is 1.75. The van der Waals surface area contributed by atoms with Gasteiger partial charge in [-0.1, -0.05) is 13.8 Å². The number of rotatable bonds is 5. The van der Waals surface area contributed by atoms with Gasteiger partial charge >= 0.3 is 0 Å². The molecular weight excluding hydrogens is 322 g/mol. The molecule has 1 rings (SSSR count). The van der Waals surface area contributed by atoms with Gasteiger partial charge in [-0.2, -0.15) is 0 Å². The van der Waals surface area contributed by atoms with Crippen LogP contribution in [0.5, 0.6) is 0 Å². The van der Waals surface area contributed by atoms with E-state index in [1.54, 1.807) is 32.4 Å². The summed E-state index contributed by atoms with van der Waals surface area (Å²) in [7, 11) is 3.36. The standard InChI is InChI=1S/C14H20BrN3O2/c1-9(2)7-12(14(20)18(3)4)17-13(19)11-6-5-10(15)8-16-11/h5-6,8-9,12H,7H2,1-4H3,(H,17,19). The van der Waals surface area contributed by atoms with Crippen LogP contribution >= 0.6 is 15.9 Å². The van der Waals surface area contributed by atoms with E-state index in [1.807, 2.05) is 13.8 Å². The van der Waals surface area contributed by atoms with Crippen molar-refractivity contribution < 1.29 is 9.59 Å². The molecule has 0 aliphatic rings. The lowest BCUT2D eigenvalue weighted by Crippen LogP contribution is -2.47. The molecule has 5 nitrogen and oxygen atoms in total. The first-order valence-corrected chi connectivity index (χ1v) is 7.24. The zero-order valence-corrected chi connectivity index (χ0v) is 13.8. The maximum absolute atomic E-state index is 12.1. The third-order valence-electron chi connectivity index (χ3n) is 2.71. The molecule has 0 saturated heterocycles. The molecule has 1 atom stereocenters. The van der Waals surface area contributed by atoms with Crippen molar-refractivity contribution in [2.24, 2.45) is 5.92 Å². The summed E-state index contributed by atoms with van der Waals surface area (Å²) in [5.41, 5.74) is 0.300. The van der Waals surface area contributed by atoms with Gasteiger partial charge in [0.15, 0.2) is 0 Å². The van der Waals surface area contributed by atoms with Crippen LogP contribution in [0.15, 0.2) is 22.8 Å². The SMILES string of the molecule is CC(C)CC(NC(=O)c1ccc(Br)cn1)C(=O)N(C)C. The molecule has 1 aromatic heterocycles. The first-order chi connectivity index (χ1) is 9.31. The normalized spacial score (nSPS) is 12.1. The molecule has 0 radical (unpaired) electrons. The second-order valence-electron chi connectivity index (χ2n) is 5.25. The topological polar surface area (TPSA) is 62.3 Å². The van der Waals surface area contributed by atoms with Gasteiger partial charge in [0.05, 0.1) is 0 Å². The minimum absolute atomic E-state index is 0.107. The average Bonchev–Trinajstić information content (AvgIpc) is 2.37. The Hall–Kier alpha value is -1.43. The first kappa shape index (κ1) is 16.6. The van der Waals surface area contributed by atoms with E-state index < -0.39 is 6.04 Å². The van der Waals surface area contributed by atoms with Crippen molar-refractivity contribution >= 4 is 27.7 Å². The van der Waals surface area contributed by atoms with Gasteiger partial charge in [-0.05, 0) is 40.4 Å². The highest BCUT2D eigenvalue weighted by molar-refractivity contribution is 9.10. The lowest BCUT2D eigenvalue weighted by molar-refractivity contribution is -0.131. The first-order valence-electron chi connectivity index (χ1n) is 6.44. The maximum atomic E-state index is 12.1. The number of hydrogen-bond acceptors (Lipinski definition) is 3. The van der Waals surface area contributed by atoms with Crippen LogP contribution in [-0.2, 0) is 4.79 Å². The number of amides is 2. The number of halogens is 1. The summed E-state index contributed by atoms with van der Waals surface area (Å²) in [6.45, 7) is 4.03. The minimum Gasteiger partial charge on any atom is -0.347 e. The Morgan fingerprint density at radius 3 is 2.45 bits per heavy atom. The van der Waals surface area contributed by atoms with E-state index in [1.165, 1.54) is 4.90 Å². The Balaban J connectivity index is 2.81. The third-order valence-corrected chi connectivity index (χ3v) is 3.18. The van der Waals surface area contributed by atoms with E-state index in [0.29, 0.717) is 18.0 Å². The Morgan fingerprint density at radius 1 is 1.35 bits per heavy atom. The summed E-state index contributed by atoms with van der Waals surface area (Å²) in [6, 6.07) is 2.84. The van der Waals surface area contributed by atoms with Gasteiger partial charge < -0.3 is 10.2 Å². The van der Waals surface area contributed by atoms with Gasteiger partial charge in [0, 0.05) is 24.8 Å². The lowest BCUT2D eigenvalue weighted by Gasteiger charge is -2.23. The fraction of sp³-hybridized carbons (Fsp3) is 0.500. The van der Waals surface area contributed by atoms with E-state index in [0.717, 1.165) is 4.47 Å². The lowest BCUT2D eigenvalue weighted by atomic mass is 10.0. The van der Waals surface area contributed by atoms with Crippen molar-refractivity contribution in [3.63, 3.8) is 0 Å². The van der Waals surface area contributed by atoms with Crippen molar-refractivity contribution in [3.05, 3.63) is 28.5 Å². The molecule has 110 valence electrons. The number of nitrogens with one attached hydrogen (secondary N) is 1. The second-order valence-corrected chi connectivity index (χ2v) is 6.17. The predicted octanol–water partition coefficient (Wildman–Crippen LogP) is 2.08. The fourth-order valence-corrected chi connectivity index (χ4v) is 1.98. The second kappa shape index (κ2) is 7.38. The van der Waals surface area contributed by atoms with E-state index in [2.05, 4.69) is 26.2 Å². The van der Waals surface area contributed by atoms with Gasteiger partial charge in [-0.15, -0.1) is 0 Å². The maximum Gasteiger partial charge on any atom is 0.270 e. The van der Waals surface area contributed by atoms with E-state index in [4.69, 9.17) is 0 Å². The average molecular weight is 342 g/mol. The molecule has 0 bridgehead atoms. The molecular formula is C14H20BrN3O2. The number of aromatic nitrogens is 1. The molecule has 6 heteroatoms. The highest BCUT2D eigenvalue weighted by Crippen LogP contribution is 2.10. The zero-order chi connectivity index (χ0) is 15.3. The Bertz CT molecular complexity index is 472. The highest BCUT2D eigenvalue weighted by Gasteiger charge is 2.24. The monoisotopic (exact) mass is 341 g/mol. The molecule has 0 saturated carbocycles. The van der Waals surface area contributed by atoms with Crippen molar-refractivity contribution in [1.29, 1.82) is 0 Å². The molecule has 0 aliphatic carbocycles. The summed E-state index contributed by atoms with van der Waals surface area (Å²) in [6.07, 6.45) is 2.15. The molecule has 2 amide bonds. The number of nitrogens with zero attached hydrogens (tertiary/aromatic N) is 2. The number of hydrogen-bond donors (Lipinski definition) is 1. The van der Waals surface area contributed by atoms with Crippen LogP contribution in [0.2, 0.25) is 0 Å². The van der Waals surface area contributed by atoms with Gasteiger partial charge in [0.25, 0.3) is 5.91 Å². The van der Waals surface area contributed by atoms with E-state index in [-0.39, 0.29) is 11.8 Å². The molecule has 1 heterocycles. The molecule has 1 N–H and O–H groups in total. The van der Waals surface area contributed by atoms with Gasteiger partial charge in [-0.3, -0.25) is 9.59 Å². The van der Waals surface area contributed by atoms with Crippen LogP contribution < -0.4 is 5.32 Å². The van der Waals surface area contributed by atoms with E-state index >= 15 is 0 Å². The Kier molecular flexibility index (Phi) is 6.13. The van der Waals surface area contributed by atoms with Crippen LogP contribution in [0.4, 0.5) is 0 Å². The Morgan fingerprint density at radius 2 is 2.00 bits per heavy atom. The number of pyridine rings is 1. The quantitative estimate of drug-likeness (QED) is 0.891. The summed E-state index contributed by atoms with van der Waals surface area (Å²) in [4.78, 5) is 29.7. The largest absolute Gasteiger partial charge is 0.347 e. The molecule has 0 aliphatic heterocycles. The van der Waals surface area contributed by atoms with Gasteiger partial charge in [0.1, 0.15) is 11.7 Å². The van der Waals surface area contributed by atoms with Crippen LogP contribution in [0.1, 0.15) is 30.8 Å². The molecule has 0 aromatic carbocycles.